The molecule has 0 amide bonds. The summed E-state index contributed by atoms with van der Waals surface area (Å²) in [6, 6.07) is 0. The highest BCUT2D eigenvalue weighted by atomic mass is 16.1. The van der Waals surface area contributed by atoms with Crippen molar-refractivity contribution in [2.75, 3.05) is 32.1 Å². The van der Waals surface area contributed by atoms with E-state index in [1.54, 1.807) is 17.0 Å². The van der Waals surface area contributed by atoms with E-state index in [-0.39, 0.29) is 5.56 Å². The van der Waals surface area contributed by atoms with Crippen LogP contribution in [0.15, 0.2) is 17.2 Å². The van der Waals surface area contributed by atoms with Crippen LogP contribution in [0.4, 0.5) is 5.82 Å². The molecule has 0 aromatic carbocycles. The van der Waals surface area contributed by atoms with Crippen LogP contribution in [0.25, 0.3) is 0 Å². The predicted octanol–water partition coefficient (Wildman–Crippen LogP) is 0.945. The number of aromatic nitrogens is 2. The summed E-state index contributed by atoms with van der Waals surface area (Å²) >= 11 is 0. The van der Waals surface area contributed by atoms with E-state index in [4.69, 9.17) is 0 Å². The Bertz CT molecular complexity index is 414. The molecule has 0 bridgehead atoms. The third-order valence-corrected chi connectivity index (χ3v) is 2.74. The third-order valence-electron chi connectivity index (χ3n) is 2.74. The minimum Gasteiger partial charge on any atom is -0.355 e. The fraction of sp³-hybridized carbons (Fsp3) is 0.692. The van der Waals surface area contributed by atoms with Gasteiger partial charge in [0.25, 0.3) is 5.56 Å². The van der Waals surface area contributed by atoms with E-state index in [1.165, 1.54) is 0 Å². The van der Waals surface area contributed by atoms with Gasteiger partial charge in [-0.25, -0.2) is 4.98 Å². The first-order valence-corrected chi connectivity index (χ1v) is 6.47. The van der Waals surface area contributed by atoms with Crippen molar-refractivity contribution >= 4 is 5.82 Å². The van der Waals surface area contributed by atoms with Crippen molar-refractivity contribution in [2.24, 2.45) is 5.92 Å². The van der Waals surface area contributed by atoms with Crippen molar-refractivity contribution in [3.63, 3.8) is 0 Å². The first-order valence-electron chi connectivity index (χ1n) is 6.47. The van der Waals surface area contributed by atoms with E-state index in [0.717, 1.165) is 26.1 Å². The molecule has 5 heteroatoms. The van der Waals surface area contributed by atoms with Crippen LogP contribution in [0.5, 0.6) is 0 Å². The predicted molar refractivity (Wildman–Crippen MR) is 75.1 cm³/mol. The molecule has 0 spiro atoms. The maximum absolute atomic E-state index is 12.2. The van der Waals surface area contributed by atoms with Gasteiger partial charge in [0.1, 0.15) is 0 Å². The molecule has 0 unspecified atom stereocenters. The van der Waals surface area contributed by atoms with Gasteiger partial charge in [0.2, 0.25) is 0 Å². The monoisotopic (exact) mass is 252 g/mol. The fourth-order valence-corrected chi connectivity index (χ4v) is 1.83. The van der Waals surface area contributed by atoms with E-state index >= 15 is 0 Å². The summed E-state index contributed by atoms with van der Waals surface area (Å²) in [5, 5.41) is 3.10. The summed E-state index contributed by atoms with van der Waals surface area (Å²) in [6.07, 6.45) is 4.45. The van der Waals surface area contributed by atoms with Crippen molar-refractivity contribution in [2.45, 2.75) is 26.8 Å². The van der Waals surface area contributed by atoms with Crippen molar-refractivity contribution < 1.29 is 0 Å². The van der Waals surface area contributed by atoms with Gasteiger partial charge in [-0.2, -0.15) is 0 Å². The van der Waals surface area contributed by atoms with Gasteiger partial charge < -0.3 is 14.8 Å². The van der Waals surface area contributed by atoms with Crippen molar-refractivity contribution in [3.8, 4) is 0 Å². The average molecular weight is 252 g/mol. The molecule has 1 aromatic rings. The molecular weight excluding hydrogens is 228 g/mol. The highest BCUT2D eigenvalue weighted by Gasteiger charge is 2.10. The van der Waals surface area contributed by atoms with Crippen LogP contribution in [0.3, 0.4) is 0 Å². The van der Waals surface area contributed by atoms with E-state index in [2.05, 4.69) is 24.1 Å². The lowest BCUT2D eigenvalue weighted by Crippen LogP contribution is -2.32. The van der Waals surface area contributed by atoms with Gasteiger partial charge in [0.05, 0.1) is 0 Å². The molecule has 1 rings (SSSR count). The van der Waals surface area contributed by atoms with Crippen molar-refractivity contribution in [1.29, 1.82) is 0 Å². The van der Waals surface area contributed by atoms with E-state index in [0.29, 0.717) is 11.7 Å². The summed E-state index contributed by atoms with van der Waals surface area (Å²) in [4.78, 5) is 18.3. The second-order valence-electron chi connectivity index (χ2n) is 4.98. The molecule has 102 valence electrons. The molecule has 1 N–H and O–H groups in total. The van der Waals surface area contributed by atoms with Gasteiger partial charge in [-0.3, -0.25) is 4.79 Å². The van der Waals surface area contributed by atoms with Crippen molar-refractivity contribution in [1.82, 2.24) is 14.9 Å². The normalized spacial score (nSPS) is 10.9. The average Bonchev–Trinajstić information content (AvgIpc) is 2.31. The number of hydrogen-bond acceptors (Lipinski definition) is 4. The second kappa shape index (κ2) is 7.16. The lowest BCUT2D eigenvalue weighted by atomic mass is 10.2. The van der Waals surface area contributed by atoms with Gasteiger partial charge in [-0.15, -0.1) is 0 Å². The Morgan fingerprint density at radius 3 is 2.83 bits per heavy atom. The quantitative estimate of drug-likeness (QED) is 0.734. The molecule has 0 aliphatic heterocycles. The Hall–Kier alpha value is -1.36. The number of nitrogens with zero attached hydrogens (tertiary/aromatic N) is 3. The Kier molecular flexibility index (Phi) is 5.85. The van der Waals surface area contributed by atoms with Gasteiger partial charge in [-0.1, -0.05) is 13.8 Å². The SMILES string of the molecule is CNCCCN(C)c1nccn(CC(C)C)c1=O. The van der Waals surface area contributed by atoms with Crippen LogP contribution in [-0.2, 0) is 6.54 Å². The third kappa shape index (κ3) is 4.14. The number of rotatable bonds is 7. The number of hydrogen-bond donors (Lipinski definition) is 1. The Morgan fingerprint density at radius 2 is 2.22 bits per heavy atom. The van der Waals surface area contributed by atoms with Crippen LogP contribution in [0, 0.1) is 5.92 Å². The zero-order valence-corrected chi connectivity index (χ0v) is 11.8. The summed E-state index contributed by atoms with van der Waals surface area (Å²) in [6.45, 7) is 6.71. The molecule has 5 nitrogen and oxygen atoms in total. The Labute approximate surface area is 109 Å². The largest absolute Gasteiger partial charge is 0.355 e. The highest BCUT2D eigenvalue weighted by molar-refractivity contribution is 5.34. The van der Waals surface area contributed by atoms with E-state index in [1.807, 2.05) is 19.0 Å². The Balaban J connectivity index is 2.79. The van der Waals surface area contributed by atoms with Crippen LogP contribution in [0.2, 0.25) is 0 Å². The lowest BCUT2D eigenvalue weighted by Gasteiger charge is -2.18. The van der Waals surface area contributed by atoms with Crippen LogP contribution < -0.4 is 15.8 Å². The standard InChI is InChI=1S/C13H24N4O/c1-11(2)10-17-9-7-15-12(13(17)18)16(4)8-5-6-14-3/h7,9,11,14H,5-6,8,10H2,1-4H3. The molecule has 0 atom stereocenters. The Morgan fingerprint density at radius 1 is 1.50 bits per heavy atom. The van der Waals surface area contributed by atoms with Crippen LogP contribution >= 0.6 is 0 Å². The first kappa shape index (κ1) is 14.7. The molecular formula is C13H24N4O. The maximum Gasteiger partial charge on any atom is 0.293 e. The van der Waals surface area contributed by atoms with Crippen LogP contribution in [-0.4, -0.2) is 36.7 Å². The summed E-state index contributed by atoms with van der Waals surface area (Å²) in [5.74, 6) is 0.988. The maximum atomic E-state index is 12.2. The smallest absolute Gasteiger partial charge is 0.293 e. The van der Waals surface area contributed by atoms with Gasteiger partial charge in [-0.05, 0) is 25.9 Å². The molecule has 18 heavy (non-hydrogen) atoms. The molecule has 0 fully saturated rings. The van der Waals surface area contributed by atoms with Crippen LogP contribution in [0.1, 0.15) is 20.3 Å². The molecule has 0 saturated carbocycles. The second-order valence-corrected chi connectivity index (χ2v) is 4.98. The highest BCUT2D eigenvalue weighted by Crippen LogP contribution is 2.03. The first-order chi connectivity index (χ1) is 8.56. The number of anilines is 1. The number of nitrogens with one attached hydrogen (secondary N) is 1. The van der Waals surface area contributed by atoms with E-state index < -0.39 is 0 Å². The van der Waals surface area contributed by atoms with Gasteiger partial charge in [0.15, 0.2) is 5.82 Å². The zero-order valence-electron chi connectivity index (χ0n) is 11.8. The summed E-state index contributed by atoms with van der Waals surface area (Å²) in [7, 11) is 3.84. The molecule has 0 aliphatic rings. The lowest BCUT2D eigenvalue weighted by molar-refractivity contribution is 0.508. The molecule has 0 saturated heterocycles. The fourth-order valence-electron chi connectivity index (χ4n) is 1.83. The molecule has 0 aliphatic carbocycles. The van der Waals surface area contributed by atoms with Gasteiger partial charge in [0, 0.05) is 32.5 Å². The zero-order chi connectivity index (χ0) is 13.5. The van der Waals surface area contributed by atoms with E-state index in [9.17, 15) is 4.79 Å². The molecule has 1 aromatic heterocycles. The minimum absolute atomic E-state index is 0.00171. The van der Waals surface area contributed by atoms with Gasteiger partial charge >= 0.3 is 0 Å². The summed E-state index contributed by atoms with van der Waals surface area (Å²) < 4.78 is 1.74. The topological polar surface area (TPSA) is 50.2 Å². The molecule has 0 radical (unpaired) electrons. The molecule has 1 heterocycles. The van der Waals surface area contributed by atoms with Crippen molar-refractivity contribution in [3.05, 3.63) is 22.7 Å². The summed E-state index contributed by atoms with van der Waals surface area (Å²) in [5.41, 5.74) is -0.00171. The minimum atomic E-state index is -0.00171.